The molecule has 2 fully saturated rings. The van der Waals surface area contributed by atoms with Gasteiger partial charge in [-0.2, -0.15) is 0 Å². The van der Waals surface area contributed by atoms with Gasteiger partial charge in [0.05, 0.1) is 23.7 Å². The second kappa shape index (κ2) is 8.12. The van der Waals surface area contributed by atoms with E-state index in [-0.39, 0.29) is 17.7 Å². The number of likely N-dealkylation sites (tertiary alicyclic amines) is 1. The number of carbonyl (C=O) groups excluding carboxylic acids is 2. The number of hydrogen-bond acceptors (Lipinski definition) is 6. The largest absolute Gasteiger partial charge is 0.378 e. The summed E-state index contributed by atoms with van der Waals surface area (Å²) in [6, 6.07) is 7.52. The Labute approximate surface area is 178 Å². The Bertz CT molecular complexity index is 1080. The summed E-state index contributed by atoms with van der Waals surface area (Å²) in [6.45, 7) is 3.62. The molecule has 2 amide bonds. The number of amides is 2. The molecule has 7 nitrogen and oxygen atoms in total. The molecule has 8 heteroatoms. The Morgan fingerprint density at radius 2 is 1.87 bits per heavy atom. The summed E-state index contributed by atoms with van der Waals surface area (Å²) in [6.07, 6.45) is 5.86. The average Bonchev–Trinajstić information content (AvgIpc) is 3.44. The van der Waals surface area contributed by atoms with Crippen LogP contribution in [0, 0.1) is 0 Å². The molecule has 0 bridgehead atoms. The molecule has 0 aromatic carbocycles. The van der Waals surface area contributed by atoms with Gasteiger partial charge in [0.15, 0.2) is 0 Å². The normalized spacial score (nSPS) is 19.4. The maximum Gasteiger partial charge on any atom is 0.264 e. The van der Waals surface area contributed by atoms with Crippen molar-refractivity contribution in [2.45, 2.75) is 12.3 Å². The predicted octanol–water partition coefficient (Wildman–Crippen LogP) is 2.79. The van der Waals surface area contributed by atoms with Crippen LogP contribution in [0.3, 0.4) is 0 Å². The number of pyridine rings is 2. The summed E-state index contributed by atoms with van der Waals surface area (Å²) >= 11 is 1.46. The summed E-state index contributed by atoms with van der Waals surface area (Å²) in [5.74, 6) is 0.154. The summed E-state index contributed by atoms with van der Waals surface area (Å²) in [5.41, 5.74) is 1.64. The minimum Gasteiger partial charge on any atom is -0.378 e. The van der Waals surface area contributed by atoms with Gasteiger partial charge in [-0.1, -0.05) is 6.07 Å². The first-order chi connectivity index (χ1) is 14.7. The van der Waals surface area contributed by atoms with Crippen LogP contribution in [-0.2, 0) is 4.74 Å². The Balaban J connectivity index is 1.46. The molecule has 5 rings (SSSR count). The van der Waals surface area contributed by atoms with Crippen molar-refractivity contribution in [3.63, 3.8) is 0 Å². The minimum atomic E-state index is -0.00989. The lowest BCUT2D eigenvalue weighted by atomic mass is 9.95. The number of ether oxygens (including phenoxy) is 1. The number of aromatic nitrogens is 2. The van der Waals surface area contributed by atoms with E-state index in [1.165, 1.54) is 11.3 Å². The van der Waals surface area contributed by atoms with E-state index in [1.807, 2.05) is 21.9 Å². The molecule has 1 atom stereocenters. The van der Waals surface area contributed by atoms with Crippen LogP contribution in [-0.4, -0.2) is 71.0 Å². The van der Waals surface area contributed by atoms with Crippen molar-refractivity contribution in [3.8, 4) is 0 Å². The Kier molecular flexibility index (Phi) is 5.18. The highest BCUT2D eigenvalue weighted by Gasteiger charge is 2.34. The first-order valence-electron chi connectivity index (χ1n) is 10.2. The van der Waals surface area contributed by atoms with E-state index in [0.29, 0.717) is 45.0 Å². The van der Waals surface area contributed by atoms with Gasteiger partial charge in [-0.25, -0.2) is 4.98 Å². The second-order valence-corrected chi connectivity index (χ2v) is 8.58. The number of nitrogens with zero attached hydrogens (tertiary/aromatic N) is 4. The molecule has 3 aromatic rings. The van der Waals surface area contributed by atoms with Gasteiger partial charge in [-0.05, 0) is 30.2 Å². The predicted molar refractivity (Wildman–Crippen MR) is 114 cm³/mol. The van der Waals surface area contributed by atoms with Crippen molar-refractivity contribution in [2.75, 3.05) is 39.4 Å². The average molecular weight is 423 g/mol. The topological polar surface area (TPSA) is 75.6 Å². The number of morpholine rings is 1. The smallest absolute Gasteiger partial charge is 0.264 e. The second-order valence-electron chi connectivity index (χ2n) is 7.58. The van der Waals surface area contributed by atoms with Crippen molar-refractivity contribution in [2.24, 2.45) is 0 Å². The lowest BCUT2D eigenvalue weighted by Crippen LogP contribution is -2.40. The Morgan fingerprint density at radius 3 is 2.67 bits per heavy atom. The summed E-state index contributed by atoms with van der Waals surface area (Å²) in [5, 5.41) is 1.03. The number of hydrogen-bond donors (Lipinski definition) is 0. The summed E-state index contributed by atoms with van der Waals surface area (Å²) < 4.78 is 5.41. The SMILES string of the molecule is O=C(c1cccnc1)N1CC[C@@H](c2c(C(=O)N3CCOCC3)sc3ncccc23)C1. The lowest BCUT2D eigenvalue weighted by Gasteiger charge is -2.27. The van der Waals surface area contributed by atoms with Crippen molar-refractivity contribution in [1.82, 2.24) is 19.8 Å². The van der Waals surface area contributed by atoms with Gasteiger partial charge in [0.1, 0.15) is 4.83 Å². The first kappa shape index (κ1) is 19.1. The zero-order valence-corrected chi connectivity index (χ0v) is 17.3. The minimum absolute atomic E-state index is 0.00989. The van der Waals surface area contributed by atoms with Crippen molar-refractivity contribution < 1.29 is 14.3 Å². The lowest BCUT2D eigenvalue weighted by molar-refractivity contribution is 0.0305. The van der Waals surface area contributed by atoms with Crippen molar-refractivity contribution in [3.05, 3.63) is 58.9 Å². The van der Waals surface area contributed by atoms with Crippen molar-refractivity contribution >= 4 is 33.4 Å². The summed E-state index contributed by atoms with van der Waals surface area (Å²) in [4.78, 5) is 40.1. The molecular formula is C22H22N4O3S. The number of carbonyl (C=O) groups is 2. The molecule has 5 heterocycles. The molecule has 2 aliphatic rings. The molecule has 154 valence electrons. The standard InChI is InChI=1S/C22H22N4O3S/c27-21(15-3-1-6-23-13-15)26-8-5-16(14-26)18-17-4-2-7-24-20(17)30-19(18)22(28)25-9-11-29-12-10-25/h1-4,6-7,13,16H,5,8-12,14H2/t16-/m1/s1. The van der Waals surface area contributed by atoms with Gasteiger partial charge in [0, 0.05) is 56.1 Å². The number of fused-ring (bicyclic) bond motifs is 1. The monoisotopic (exact) mass is 422 g/mol. The fraction of sp³-hybridized carbons (Fsp3) is 0.364. The maximum absolute atomic E-state index is 13.3. The van der Waals surface area contributed by atoms with Gasteiger partial charge >= 0.3 is 0 Å². The molecule has 2 aliphatic heterocycles. The van der Waals surface area contributed by atoms with Gasteiger partial charge in [-0.15, -0.1) is 11.3 Å². The number of rotatable bonds is 3. The van der Waals surface area contributed by atoms with E-state index in [2.05, 4.69) is 9.97 Å². The molecule has 0 aliphatic carbocycles. The molecule has 0 spiro atoms. The molecule has 0 saturated carbocycles. The van der Waals surface area contributed by atoms with E-state index < -0.39 is 0 Å². The van der Waals surface area contributed by atoms with E-state index in [4.69, 9.17) is 4.74 Å². The van der Waals surface area contributed by atoms with Crippen LogP contribution < -0.4 is 0 Å². The van der Waals surface area contributed by atoms with Crippen LogP contribution in [0.1, 0.15) is 37.9 Å². The molecule has 0 N–H and O–H groups in total. The highest BCUT2D eigenvalue weighted by atomic mass is 32.1. The van der Waals surface area contributed by atoms with E-state index >= 15 is 0 Å². The zero-order valence-electron chi connectivity index (χ0n) is 16.5. The third kappa shape index (κ3) is 3.46. The molecule has 0 radical (unpaired) electrons. The van der Waals surface area contributed by atoms with Crippen LogP contribution in [0.25, 0.3) is 10.2 Å². The first-order valence-corrected chi connectivity index (χ1v) is 11.0. The Hall–Kier alpha value is -2.84. The van der Waals surface area contributed by atoms with Gasteiger partial charge in [0.25, 0.3) is 11.8 Å². The van der Waals surface area contributed by atoms with Crippen LogP contribution in [0.4, 0.5) is 0 Å². The fourth-order valence-electron chi connectivity index (χ4n) is 4.28. The van der Waals surface area contributed by atoms with E-state index in [9.17, 15) is 9.59 Å². The van der Waals surface area contributed by atoms with Crippen LogP contribution in [0.5, 0.6) is 0 Å². The Morgan fingerprint density at radius 1 is 1.03 bits per heavy atom. The molecule has 30 heavy (non-hydrogen) atoms. The third-order valence-corrected chi connectivity index (χ3v) is 6.91. The fourth-order valence-corrected chi connectivity index (χ4v) is 5.48. The van der Waals surface area contributed by atoms with Gasteiger partial charge in [-0.3, -0.25) is 14.6 Å². The quantitative estimate of drug-likeness (QED) is 0.649. The van der Waals surface area contributed by atoms with Crippen LogP contribution >= 0.6 is 11.3 Å². The number of thiophene rings is 1. The molecular weight excluding hydrogens is 400 g/mol. The zero-order chi connectivity index (χ0) is 20.5. The molecule has 2 saturated heterocycles. The van der Waals surface area contributed by atoms with Gasteiger partial charge in [0.2, 0.25) is 0 Å². The highest BCUT2D eigenvalue weighted by molar-refractivity contribution is 7.20. The highest BCUT2D eigenvalue weighted by Crippen LogP contribution is 2.40. The van der Waals surface area contributed by atoms with Crippen LogP contribution in [0.15, 0.2) is 42.9 Å². The molecule has 3 aromatic heterocycles. The van der Waals surface area contributed by atoms with Crippen molar-refractivity contribution in [1.29, 1.82) is 0 Å². The van der Waals surface area contributed by atoms with Crippen LogP contribution in [0.2, 0.25) is 0 Å². The molecule has 0 unspecified atom stereocenters. The van der Waals surface area contributed by atoms with Gasteiger partial charge < -0.3 is 14.5 Å². The summed E-state index contributed by atoms with van der Waals surface area (Å²) in [7, 11) is 0. The third-order valence-electron chi connectivity index (χ3n) is 5.79. The maximum atomic E-state index is 13.3. The van der Waals surface area contributed by atoms with E-state index in [1.54, 1.807) is 30.7 Å². The van der Waals surface area contributed by atoms with E-state index in [0.717, 1.165) is 27.1 Å².